The van der Waals surface area contributed by atoms with Crippen molar-refractivity contribution in [1.29, 1.82) is 0 Å². The van der Waals surface area contributed by atoms with Gasteiger partial charge in [0.25, 0.3) is 17.4 Å². The van der Waals surface area contributed by atoms with E-state index in [0.29, 0.717) is 22.7 Å². The molecular weight excluding hydrogens is 464 g/mol. The number of anilines is 1. The predicted molar refractivity (Wildman–Crippen MR) is 133 cm³/mol. The van der Waals surface area contributed by atoms with Crippen molar-refractivity contribution in [1.82, 2.24) is 0 Å². The van der Waals surface area contributed by atoms with E-state index in [2.05, 4.69) is 0 Å². The maximum absolute atomic E-state index is 13.3. The number of rotatable bonds is 7. The quantitative estimate of drug-likeness (QED) is 0.163. The highest BCUT2D eigenvalue weighted by atomic mass is 16.6. The van der Waals surface area contributed by atoms with Gasteiger partial charge < -0.3 is 14.6 Å². The van der Waals surface area contributed by atoms with Gasteiger partial charge in [-0.15, -0.1) is 0 Å². The van der Waals surface area contributed by atoms with E-state index in [0.717, 1.165) is 0 Å². The summed E-state index contributed by atoms with van der Waals surface area (Å²) in [4.78, 5) is 38.3. The number of non-ortho nitro benzene ring substituents is 1. The Morgan fingerprint density at radius 3 is 2.25 bits per heavy atom. The molecule has 0 radical (unpaired) electrons. The van der Waals surface area contributed by atoms with E-state index in [1.807, 2.05) is 13.8 Å². The lowest BCUT2D eigenvalue weighted by molar-refractivity contribution is -0.384. The highest BCUT2D eigenvalue weighted by Crippen LogP contribution is 2.43. The Balaban J connectivity index is 1.88. The molecule has 0 aromatic heterocycles. The van der Waals surface area contributed by atoms with E-state index in [-0.39, 0.29) is 22.9 Å². The molecule has 0 saturated carbocycles. The summed E-state index contributed by atoms with van der Waals surface area (Å²) in [6.07, 6.45) is -0.0413. The third-order valence-corrected chi connectivity index (χ3v) is 5.70. The van der Waals surface area contributed by atoms with Crippen LogP contribution in [0.15, 0.2) is 78.4 Å². The number of benzene rings is 3. The van der Waals surface area contributed by atoms with Crippen LogP contribution in [0.2, 0.25) is 0 Å². The van der Waals surface area contributed by atoms with E-state index in [1.54, 1.807) is 48.5 Å². The van der Waals surface area contributed by atoms with Gasteiger partial charge in [0, 0.05) is 29.4 Å². The number of Topliss-reactive ketones (excluding diaryl/α,β-unsaturated/α-hetero) is 1. The van der Waals surface area contributed by atoms with Crippen LogP contribution in [0.4, 0.5) is 11.4 Å². The van der Waals surface area contributed by atoms with Gasteiger partial charge in [-0.1, -0.05) is 18.2 Å². The van der Waals surface area contributed by atoms with Crippen molar-refractivity contribution in [3.8, 4) is 11.5 Å². The van der Waals surface area contributed by atoms with Crippen LogP contribution in [0.1, 0.15) is 31.0 Å². The van der Waals surface area contributed by atoms with E-state index >= 15 is 0 Å². The molecule has 0 bridgehead atoms. The average Bonchev–Trinajstić information content (AvgIpc) is 3.14. The van der Waals surface area contributed by atoms with Gasteiger partial charge in [0.1, 0.15) is 17.3 Å². The molecular formula is C27H24N2O7. The number of ketones is 1. The monoisotopic (exact) mass is 488 g/mol. The zero-order valence-corrected chi connectivity index (χ0v) is 19.9. The van der Waals surface area contributed by atoms with Gasteiger partial charge in [-0.25, -0.2) is 0 Å². The summed E-state index contributed by atoms with van der Waals surface area (Å²) in [7, 11) is 1.49. The number of methoxy groups -OCH3 is 1. The Morgan fingerprint density at radius 2 is 1.67 bits per heavy atom. The molecule has 1 aliphatic rings. The van der Waals surface area contributed by atoms with Crippen molar-refractivity contribution in [2.24, 2.45) is 0 Å². The van der Waals surface area contributed by atoms with E-state index in [9.17, 15) is 24.8 Å². The average molecular weight is 488 g/mol. The summed E-state index contributed by atoms with van der Waals surface area (Å²) in [6, 6.07) is 17.8. The maximum Gasteiger partial charge on any atom is 0.300 e. The molecule has 184 valence electrons. The van der Waals surface area contributed by atoms with Gasteiger partial charge in [0.2, 0.25) is 0 Å². The minimum absolute atomic E-state index is 0.0413. The Morgan fingerprint density at radius 1 is 1.00 bits per heavy atom. The molecule has 3 aromatic rings. The summed E-state index contributed by atoms with van der Waals surface area (Å²) in [5.41, 5.74) is 0.854. The Labute approximate surface area is 207 Å². The molecule has 1 aliphatic heterocycles. The number of aliphatic hydroxyl groups is 1. The molecule has 4 rings (SSSR count). The lowest BCUT2D eigenvalue weighted by Gasteiger charge is -2.26. The van der Waals surface area contributed by atoms with Gasteiger partial charge in [0.15, 0.2) is 0 Å². The molecule has 36 heavy (non-hydrogen) atoms. The summed E-state index contributed by atoms with van der Waals surface area (Å²) in [5.74, 6) is -1.02. The maximum atomic E-state index is 13.3. The smallest absolute Gasteiger partial charge is 0.300 e. The normalized spacial score (nSPS) is 16.9. The van der Waals surface area contributed by atoms with Crippen LogP contribution in [-0.2, 0) is 9.59 Å². The largest absolute Gasteiger partial charge is 0.507 e. The lowest BCUT2D eigenvalue weighted by atomic mass is 9.95. The molecule has 3 aromatic carbocycles. The first-order chi connectivity index (χ1) is 17.2. The second kappa shape index (κ2) is 9.91. The molecule has 1 saturated heterocycles. The standard InChI is InChI=1S/C27H24N2O7/c1-16(2)36-21-13-9-17(10-14-21)24-23(25(30)18-7-11-19(12-8-18)29(33)34)26(31)27(32)28(24)20-5-4-6-22(15-20)35-3/h4-16,24,30H,1-3H3/b25-23+. The molecule has 1 amide bonds. The van der Waals surface area contributed by atoms with Crippen molar-refractivity contribution < 1.29 is 29.1 Å². The minimum atomic E-state index is -0.958. The molecule has 9 nitrogen and oxygen atoms in total. The molecule has 1 unspecified atom stereocenters. The first-order valence-corrected chi connectivity index (χ1v) is 11.2. The van der Waals surface area contributed by atoms with E-state index in [1.165, 1.54) is 36.3 Å². The van der Waals surface area contributed by atoms with Gasteiger partial charge in [0.05, 0.1) is 29.8 Å². The van der Waals surface area contributed by atoms with Crippen LogP contribution < -0.4 is 14.4 Å². The van der Waals surface area contributed by atoms with Crippen LogP contribution in [-0.4, -0.2) is 34.9 Å². The number of carbonyl (C=O) groups excluding carboxylic acids is 2. The van der Waals surface area contributed by atoms with Crippen molar-refractivity contribution in [2.45, 2.75) is 26.0 Å². The molecule has 0 aliphatic carbocycles. The van der Waals surface area contributed by atoms with Crippen molar-refractivity contribution in [2.75, 3.05) is 12.0 Å². The van der Waals surface area contributed by atoms with E-state index < -0.39 is 28.4 Å². The fourth-order valence-electron chi connectivity index (χ4n) is 4.07. The first-order valence-electron chi connectivity index (χ1n) is 11.2. The molecule has 1 heterocycles. The van der Waals surface area contributed by atoms with Gasteiger partial charge >= 0.3 is 0 Å². The highest BCUT2D eigenvalue weighted by Gasteiger charge is 2.47. The Bertz CT molecular complexity index is 1350. The van der Waals surface area contributed by atoms with Crippen LogP contribution in [0.3, 0.4) is 0 Å². The third-order valence-electron chi connectivity index (χ3n) is 5.70. The lowest BCUT2D eigenvalue weighted by Crippen LogP contribution is -2.29. The number of aliphatic hydroxyl groups excluding tert-OH is 1. The number of amides is 1. The van der Waals surface area contributed by atoms with Crippen molar-refractivity contribution in [3.63, 3.8) is 0 Å². The second-order valence-electron chi connectivity index (χ2n) is 8.41. The highest BCUT2D eigenvalue weighted by molar-refractivity contribution is 6.51. The number of ether oxygens (including phenoxy) is 2. The van der Waals surface area contributed by atoms with Gasteiger partial charge in [-0.3, -0.25) is 24.6 Å². The van der Waals surface area contributed by atoms with Crippen molar-refractivity contribution >= 4 is 28.8 Å². The first kappa shape index (κ1) is 24.5. The number of nitro benzene ring substituents is 1. The number of hydrogen-bond donors (Lipinski definition) is 1. The number of hydrogen-bond acceptors (Lipinski definition) is 7. The number of nitrogens with zero attached hydrogens (tertiary/aromatic N) is 2. The van der Waals surface area contributed by atoms with Crippen LogP contribution in [0, 0.1) is 10.1 Å². The van der Waals surface area contributed by atoms with Crippen LogP contribution in [0.25, 0.3) is 5.76 Å². The van der Waals surface area contributed by atoms with Crippen LogP contribution in [0.5, 0.6) is 11.5 Å². The fraction of sp³-hybridized carbons (Fsp3) is 0.185. The number of nitro groups is 1. The Kier molecular flexibility index (Phi) is 6.73. The van der Waals surface area contributed by atoms with Crippen LogP contribution >= 0.6 is 0 Å². The number of carbonyl (C=O) groups is 2. The summed E-state index contributed by atoms with van der Waals surface area (Å²) in [6.45, 7) is 3.80. The molecule has 1 fully saturated rings. The molecule has 0 spiro atoms. The molecule has 1 N–H and O–H groups in total. The SMILES string of the molecule is COc1cccc(N2C(=O)C(=O)/C(=C(/O)c3ccc([N+](=O)[O-])cc3)C2c2ccc(OC(C)C)cc2)c1. The van der Waals surface area contributed by atoms with Gasteiger partial charge in [-0.05, 0) is 55.8 Å². The summed E-state index contributed by atoms with van der Waals surface area (Å²) < 4.78 is 11.0. The fourth-order valence-corrected chi connectivity index (χ4v) is 4.07. The Hall–Kier alpha value is -4.66. The topological polar surface area (TPSA) is 119 Å². The molecule has 9 heteroatoms. The van der Waals surface area contributed by atoms with Gasteiger partial charge in [-0.2, -0.15) is 0 Å². The predicted octanol–water partition coefficient (Wildman–Crippen LogP) is 5.02. The minimum Gasteiger partial charge on any atom is -0.507 e. The van der Waals surface area contributed by atoms with Crippen molar-refractivity contribution in [3.05, 3.63) is 99.6 Å². The second-order valence-corrected chi connectivity index (χ2v) is 8.41. The zero-order valence-electron chi connectivity index (χ0n) is 19.9. The summed E-state index contributed by atoms with van der Waals surface area (Å²) >= 11 is 0. The third kappa shape index (κ3) is 4.63. The molecule has 1 atom stereocenters. The summed E-state index contributed by atoms with van der Waals surface area (Å²) in [5, 5.41) is 22.2. The van der Waals surface area contributed by atoms with E-state index in [4.69, 9.17) is 9.47 Å². The zero-order chi connectivity index (χ0) is 26.0.